The maximum Gasteiger partial charge on any atom is 0.224 e. The third-order valence-electron chi connectivity index (χ3n) is 3.11. The number of rotatable bonds is 1. The van der Waals surface area contributed by atoms with Gasteiger partial charge in [-0.25, -0.2) is 18.7 Å². The minimum Gasteiger partial charge on any atom is -0.376 e. The number of hydrogen-bond acceptors (Lipinski definition) is 3. The third-order valence-corrected chi connectivity index (χ3v) is 3.59. The Bertz CT molecular complexity index is 661. The lowest BCUT2D eigenvalue weighted by atomic mass is 9.92. The first-order valence-corrected chi connectivity index (χ1v) is 6.55. The van der Waals surface area contributed by atoms with E-state index in [-0.39, 0.29) is 23.7 Å². The lowest BCUT2D eigenvalue weighted by molar-refractivity contribution is 0.0972. The molecule has 0 spiro atoms. The first kappa shape index (κ1) is 13.7. The molecule has 2 heterocycles. The molecule has 2 aromatic rings. The van der Waals surface area contributed by atoms with E-state index in [2.05, 4.69) is 9.97 Å². The van der Waals surface area contributed by atoms with E-state index >= 15 is 0 Å². The Morgan fingerprint density at radius 1 is 1.10 bits per heavy atom. The van der Waals surface area contributed by atoms with Crippen molar-refractivity contribution >= 4 is 23.2 Å². The quantitative estimate of drug-likeness (QED) is 0.594. The molecule has 0 saturated carbocycles. The monoisotopic (exact) mass is 316 g/mol. The molecule has 1 aliphatic heterocycles. The predicted octanol–water partition coefficient (Wildman–Crippen LogP) is 3.72. The summed E-state index contributed by atoms with van der Waals surface area (Å²) < 4.78 is 32.1. The van der Waals surface area contributed by atoms with E-state index in [4.69, 9.17) is 27.9 Å². The third kappa shape index (κ3) is 2.49. The number of aromatic nitrogens is 2. The largest absolute Gasteiger partial charge is 0.376 e. The van der Waals surface area contributed by atoms with Crippen LogP contribution in [0.5, 0.6) is 0 Å². The number of benzene rings is 1. The summed E-state index contributed by atoms with van der Waals surface area (Å²) in [4.78, 5) is 7.98. The SMILES string of the molecule is Fc1cc(F)cc(C2COCc3c(Cl)nc(Cl)nc32)c1. The van der Waals surface area contributed by atoms with Crippen molar-refractivity contribution in [1.29, 1.82) is 0 Å². The zero-order chi connectivity index (χ0) is 14.3. The van der Waals surface area contributed by atoms with E-state index in [1.807, 2.05) is 0 Å². The van der Waals surface area contributed by atoms with Crippen LogP contribution in [0.3, 0.4) is 0 Å². The summed E-state index contributed by atoms with van der Waals surface area (Å²) in [5.41, 5.74) is 1.57. The van der Waals surface area contributed by atoms with Crippen LogP contribution in [0.25, 0.3) is 0 Å². The van der Waals surface area contributed by atoms with Crippen molar-refractivity contribution in [1.82, 2.24) is 9.97 Å². The molecule has 7 heteroatoms. The van der Waals surface area contributed by atoms with Crippen LogP contribution in [0, 0.1) is 11.6 Å². The van der Waals surface area contributed by atoms with Crippen LogP contribution in [-0.2, 0) is 11.3 Å². The van der Waals surface area contributed by atoms with Crippen LogP contribution in [0.1, 0.15) is 22.7 Å². The van der Waals surface area contributed by atoms with Crippen molar-refractivity contribution in [3.8, 4) is 0 Å². The van der Waals surface area contributed by atoms with Gasteiger partial charge in [-0.1, -0.05) is 11.6 Å². The second kappa shape index (κ2) is 5.24. The number of hydrogen-bond donors (Lipinski definition) is 0. The number of nitrogens with zero attached hydrogens (tertiary/aromatic N) is 2. The summed E-state index contributed by atoms with van der Waals surface area (Å²) in [7, 11) is 0. The maximum absolute atomic E-state index is 13.4. The highest BCUT2D eigenvalue weighted by Crippen LogP contribution is 2.34. The summed E-state index contributed by atoms with van der Waals surface area (Å²) in [5.74, 6) is -1.74. The zero-order valence-corrected chi connectivity index (χ0v) is 11.6. The molecule has 1 aliphatic rings. The summed E-state index contributed by atoms with van der Waals surface area (Å²) in [5, 5.41) is 0.194. The van der Waals surface area contributed by atoms with Gasteiger partial charge in [0.05, 0.1) is 24.8 Å². The Labute approximate surface area is 123 Å². The molecule has 3 nitrogen and oxygen atoms in total. The topological polar surface area (TPSA) is 35.0 Å². The number of halogens is 4. The smallest absolute Gasteiger partial charge is 0.224 e. The molecule has 0 aliphatic carbocycles. The van der Waals surface area contributed by atoms with Gasteiger partial charge in [-0.2, -0.15) is 0 Å². The van der Waals surface area contributed by atoms with Gasteiger partial charge in [0, 0.05) is 11.6 Å². The molecule has 1 aromatic carbocycles. The van der Waals surface area contributed by atoms with E-state index in [0.29, 0.717) is 16.8 Å². The van der Waals surface area contributed by atoms with Crippen molar-refractivity contribution in [2.45, 2.75) is 12.5 Å². The van der Waals surface area contributed by atoms with Crippen LogP contribution >= 0.6 is 23.2 Å². The molecule has 3 rings (SSSR count). The van der Waals surface area contributed by atoms with Crippen molar-refractivity contribution in [3.05, 3.63) is 57.1 Å². The molecule has 1 aromatic heterocycles. The Morgan fingerprint density at radius 3 is 2.50 bits per heavy atom. The fourth-order valence-corrected chi connectivity index (χ4v) is 2.71. The molecular formula is C13H8Cl2F2N2O. The highest BCUT2D eigenvalue weighted by atomic mass is 35.5. The zero-order valence-electron chi connectivity index (χ0n) is 10.0. The molecule has 0 N–H and O–H groups in total. The van der Waals surface area contributed by atoms with Gasteiger partial charge in [-0.15, -0.1) is 0 Å². The summed E-state index contributed by atoms with van der Waals surface area (Å²) >= 11 is 11.8. The first-order chi connectivity index (χ1) is 9.54. The Balaban J connectivity index is 2.14. The summed E-state index contributed by atoms with van der Waals surface area (Å²) in [6.45, 7) is 0.499. The fourth-order valence-electron chi connectivity index (χ4n) is 2.26. The van der Waals surface area contributed by atoms with Gasteiger partial charge in [0.2, 0.25) is 5.28 Å². The van der Waals surface area contributed by atoms with Gasteiger partial charge in [0.15, 0.2) is 0 Å². The van der Waals surface area contributed by atoms with E-state index in [0.717, 1.165) is 6.07 Å². The second-order valence-corrected chi connectivity index (χ2v) is 5.11. The minimum atomic E-state index is -0.654. The minimum absolute atomic E-state index is 0.00229. The molecule has 0 fully saturated rings. The highest BCUT2D eigenvalue weighted by molar-refractivity contribution is 6.32. The normalized spacial score (nSPS) is 17.9. The highest BCUT2D eigenvalue weighted by Gasteiger charge is 2.27. The summed E-state index contributed by atoms with van der Waals surface area (Å²) in [6, 6.07) is 3.31. The molecule has 1 unspecified atom stereocenters. The molecule has 0 saturated heterocycles. The second-order valence-electron chi connectivity index (χ2n) is 4.42. The van der Waals surface area contributed by atoms with E-state index in [1.54, 1.807) is 0 Å². The number of fused-ring (bicyclic) bond motifs is 1. The maximum atomic E-state index is 13.4. The van der Waals surface area contributed by atoms with E-state index < -0.39 is 17.6 Å². The van der Waals surface area contributed by atoms with Gasteiger partial charge in [-0.3, -0.25) is 0 Å². The molecule has 104 valence electrons. The molecule has 20 heavy (non-hydrogen) atoms. The average molecular weight is 317 g/mol. The van der Waals surface area contributed by atoms with Gasteiger partial charge in [-0.05, 0) is 29.3 Å². The Hall–Kier alpha value is -1.30. The van der Waals surface area contributed by atoms with Gasteiger partial charge in [0.25, 0.3) is 0 Å². The molecule has 0 amide bonds. The van der Waals surface area contributed by atoms with Crippen molar-refractivity contribution < 1.29 is 13.5 Å². The van der Waals surface area contributed by atoms with Crippen LogP contribution in [0.15, 0.2) is 18.2 Å². The molecule has 0 radical (unpaired) electrons. The van der Waals surface area contributed by atoms with E-state index in [9.17, 15) is 8.78 Å². The Kier molecular flexibility index (Phi) is 3.58. The van der Waals surface area contributed by atoms with Crippen LogP contribution in [0.2, 0.25) is 10.4 Å². The molecule has 1 atom stereocenters. The fraction of sp³-hybridized carbons (Fsp3) is 0.231. The van der Waals surface area contributed by atoms with Crippen molar-refractivity contribution in [2.24, 2.45) is 0 Å². The average Bonchev–Trinajstić information content (AvgIpc) is 2.36. The van der Waals surface area contributed by atoms with Gasteiger partial charge in [0.1, 0.15) is 16.8 Å². The van der Waals surface area contributed by atoms with Crippen LogP contribution in [-0.4, -0.2) is 16.6 Å². The molecular weight excluding hydrogens is 309 g/mol. The van der Waals surface area contributed by atoms with Crippen molar-refractivity contribution in [3.63, 3.8) is 0 Å². The lowest BCUT2D eigenvalue weighted by Gasteiger charge is -2.25. The van der Waals surface area contributed by atoms with Gasteiger partial charge < -0.3 is 4.74 Å². The Morgan fingerprint density at radius 2 is 1.80 bits per heavy atom. The van der Waals surface area contributed by atoms with Crippen LogP contribution in [0.4, 0.5) is 8.78 Å². The van der Waals surface area contributed by atoms with Gasteiger partial charge >= 0.3 is 0 Å². The van der Waals surface area contributed by atoms with Crippen molar-refractivity contribution in [2.75, 3.05) is 6.61 Å². The first-order valence-electron chi connectivity index (χ1n) is 5.80. The number of ether oxygens (including phenoxy) is 1. The van der Waals surface area contributed by atoms with E-state index in [1.165, 1.54) is 12.1 Å². The predicted molar refractivity (Wildman–Crippen MR) is 69.9 cm³/mol. The van der Waals surface area contributed by atoms with Crippen LogP contribution < -0.4 is 0 Å². The molecule has 0 bridgehead atoms. The standard InChI is InChI=1S/C13H8Cl2F2N2O/c14-12-10-5-20-4-9(11(10)18-13(15)19-12)6-1-7(16)3-8(17)2-6/h1-3,9H,4-5H2. The summed E-state index contributed by atoms with van der Waals surface area (Å²) in [6.07, 6.45) is 0. The lowest BCUT2D eigenvalue weighted by Crippen LogP contribution is -2.21.